The lowest BCUT2D eigenvalue weighted by Gasteiger charge is -2.18. The molecule has 0 unspecified atom stereocenters. The number of aryl methyl sites for hydroxylation is 1. The highest BCUT2D eigenvalue weighted by Crippen LogP contribution is 2.38. The predicted octanol–water partition coefficient (Wildman–Crippen LogP) is 4.62. The van der Waals surface area contributed by atoms with Gasteiger partial charge in [-0.3, -0.25) is 19.8 Å². The molecule has 0 N–H and O–H groups in total. The van der Waals surface area contributed by atoms with Crippen LogP contribution in [0.5, 0.6) is 0 Å². The van der Waals surface area contributed by atoms with Gasteiger partial charge in [0.2, 0.25) is 0 Å². The topological polar surface area (TPSA) is 63.5 Å². The Kier molecular flexibility index (Phi) is 4.69. The van der Waals surface area contributed by atoms with Crippen LogP contribution in [0.4, 0.5) is 11.4 Å². The van der Waals surface area contributed by atoms with Crippen LogP contribution in [0, 0.1) is 24.0 Å². The molecule has 1 aliphatic heterocycles. The van der Waals surface area contributed by atoms with Crippen LogP contribution < -0.4 is 4.90 Å². The second-order valence-electron chi connectivity index (χ2n) is 5.59. The van der Waals surface area contributed by atoms with E-state index >= 15 is 0 Å². The van der Waals surface area contributed by atoms with E-state index in [4.69, 9.17) is 12.2 Å². The smallest absolute Gasteiger partial charge is 0.268 e. The molecule has 0 saturated carbocycles. The molecule has 25 heavy (non-hydrogen) atoms. The van der Waals surface area contributed by atoms with E-state index in [-0.39, 0.29) is 11.6 Å². The van der Waals surface area contributed by atoms with Crippen molar-refractivity contribution in [3.63, 3.8) is 0 Å². The Bertz CT molecular complexity index is 938. The summed E-state index contributed by atoms with van der Waals surface area (Å²) in [7, 11) is 0. The number of carbonyl (C=O) groups excluding carboxylic acids is 1. The highest BCUT2D eigenvalue weighted by atomic mass is 32.2. The van der Waals surface area contributed by atoms with Crippen LogP contribution in [0.25, 0.3) is 6.08 Å². The molecule has 0 atom stereocenters. The van der Waals surface area contributed by atoms with Crippen molar-refractivity contribution in [3.05, 3.63) is 74.2 Å². The summed E-state index contributed by atoms with van der Waals surface area (Å²) in [5.74, 6) is -0.213. The quantitative estimate of drug-likeness (QED) is 0.341. The van der Waals surface area contributed by atoms with Crippen molar-refractivity contribution in [1.29, 1.82) is 0 Å². The Labute approximate surface area is 154 Å². The number of non-ortho nitro benzene ring substituents is 1. The van der Waals surface area contributed by atoms with Crippen molar-refractivity contribution in [1.82, 2.24) is 0 Å². The fourth-order valence-corrected chi connectivity index (χ4v) is 3.82. The summed E-state index contributed by atoms with van der Waals surface area (Å²) in [5, 5.41) is 10.9. The van der Waals surface area contributed by atoms with E-state index in [9.17, 15) is 14.9 Å². The molecule has 0 spiro atoms. The second kappa shape index (κ2) is 6.78. The molecule has 2 aromatic rings. The zero-order chi connectivity index (χ0) is 18.1. The number of hydrogen-bond donors (Lipinski definition) is 0. The van der Waals surface area contributed by atoms with Gasteiger partial charge in [0.25, 0.3) is 11.6 Å². The van der Waals surface area contributed by atoms with Crippen LogP contribution in [-0.4, -0.2) is 15.2 Å². The number of thioether (sulfide) groups is 1. The van der Waals surface area contributed by atoms with E-state index < -0.39 is 4.92 Å². The van der Waals surface area contributed by atoms with Crippen molar-refractivity contribution in [2.45, 2.75) is 13.8 Å². The number of benzene rings is 2. The third kappa shape index (κ3) is 3.33. The fourth-order valence-electron chi connectivity index (χ4n) is 2.53. The molecular formula is C18H14N2O3S2. The van der Waals surface area contributed by atoms with Crippen LogP contribution in [0.1, 0.15) is 16.7 Å². The molecule has 126 valence electrons. The summed E-state index contributed by atoms with van der Waals surface area (Å²) in [6.07, 6.45) is 1.64. The van der Waals surface area contributed by atoms with Crippen molar-refractivity contribution in [2.24, 2.45) is 0 Å². The molecule has 0 aliphatic carbocycles. The van der Waals surface area contributed by atoms with Gasteiger partial charge in [-0.15, -0.1) is 0 Å². The summed E-state index contributed by atoms with van der Waals surface area (Å²) in [5.41, 5.74) is 3.42. The lowest BCUT2D eigenvalue weighted by atomic mass is 10.1. The second-order valence-corrected chi connectivity index (χ2v) is 7.26. The molecule has 1 heterocycles. The van der Waals surface area contributed by atoms with Gasteiger partial charge in [0.05, 0.1) is 15.5 Å². The minimum atomic E-state index is -0.460. The number of amides is 1. The molecule has 2 aromatic carbocycles. The molecule has 7 heteroatoms. The van der Waals surface area contributed by atoms with Crippen molar-refractivity contribution in [3.8, 4) is 0 Å². The number of carbonyl (C=O) groups is 1. The minimum Gasteiger partial charge on any atom is -0.268 e. The van der Waals surface area contributed by atoms with Crippen LogP contribution in [-0.2, 0) is 4.79 Å². The normalized spacial score (nSPS) is 15.9. The van der Waals surface area contributed by atoms with Gasteiger partial charge in [0, 0.05) is 12.1 Å². The van der Waals surface area contributed by atoms with Gasteiger partial charge in [-0.1, -0.05) is 48.2 Å². The largest absolute Gasteiger partial charge is 0.270 e. The number of hydrogen-bond acceptors (Lipinski definition) is 5. The lowest BCUT2D eigenvalue weighted by molar-refractivity contribution is -0.384. The maximum Gasteiger partial charge on any atom is 0.270 e. The minimum absolute atomic E-state index is 0.0150. The van der Waals surface area contributed by atoms with E-state index in [0.29, 0.717) is 14.8 Å². The molecule has 0 radical (unpaired) electrons. The summed E-state index contributed by atoms with van der Waals surface area (Å²) in [6.45, 7) is 3.93. The van der Waals surface area contributed by atoms with E-state index in [0.717, 1.165) is 16.8 Å². The van der Waals surface area contributed by atoms with E-state index in [1.807, 2.05) is 32.0 Å². The SMILES string of the molecule is Cc1cccc(N2C(=O)/C(=C\c3cccc([N+](=O)[O-])c3)SC2=S)c1C. The maximum atomic E-state index is 12.8. The molecule has 1 amide bonds. The number of anilines is 1. The highest BCUT2D eigenvalue weighted by Gasteiger charge is 2.34. The Hall–Kier alpha value is -2.51. The molecule has 1 fully saturated rings. The van der Waals surface area contributed by atoms with E-state index in [2.05, 4.69) is 0 Å². The van der Waals surface area contributed by atoms with Gasteiger partial charge in [-0.05, 0) is 42.7 Å². The lowest BCUT2D eigenvalue weighted by Crippen LogP contribution is -2.28. The zero-order valence-electron chi connectivity index (χ0n) is 13.6. The average molecular weight is 370 g/mol. The maximum absolute atomic E-state index is 12.8. The molecule has 1 aliphatic rings. The zero-order valence-corrected chi connectivity index (χ0v) is 15.2. The van der Waals surface area contributed by atoms with Gasteiger partial charge in [0.15, 0.2) is 4.32 Å². The average Bonchev–Trinajstić information content (AvgIpc) is 2.84. The number of nitro benzene ring substituents is 1. The Morgan fingerprint density at radius 1 is 1.20 bits per heavy atom. The first-order valence-corrected chi connectivity index (χ1v) is 8.69. The van der Waals surface area contributed by atoms with Crippen LogP contribution in [0.15, 0.2) is 47.4 Å². The molecule has 0 bridgehead atoms. The van der Waals surface area contributed by atoms with Crippen LogP contribution >= 0.6 is 24.0 Å². The number of nitrogens with zero attached hydrogens (tertiary/aromatic N) is 2. The molecular weight excluding hydrogens is 356 g/mol. The van der Waals surface area contributed by atoms with Gasteiger partial charge in [-0.2, -0.15) is 0 Å². The third-order valence-electron chi connectivity index (χ3n) is 3.99. The van der Waals surface area contributed by atoms with Crippen molar-refractivity contribution >= 4 is 51.7 Å². The van der Waals surface area contributed by atoms with Gasteiger partial charge >= 0.3 is 0 Å². The number of nitro groups is 1. The molecule has 0 aromatic heterocycles. The summed E-state index contributed by atoms with van der Waals surface area (Å²) < 4.78 is 0.454. The first-order chi connectivity index (χ1) is 11.9. The first-order valence-electron chi connectivity index (χ1n) is 7.47. The Morgan fingerprint density at radius 2 is 1.92 bits per heavy atom. The third-order valence-corrected chi connectivity index (χ3v) is 5.29. The predicted molar refractivity (Wildman–Crippen MR) is 105 cm³/mol. The van der Waals surface area contributed by atoms with Crippen LogP contribution in [0.3, 0.4) is 0 Å². The molecule has 3 rings (SSSR count). The monoisotopic (exact) mass is 370 g/mol. The Balaban J connectivity index is 1.97. The number of rotatable bonds is 3. The standard InChI is InChI=1S/C18H14N2O3S2/c1-11-5-3-8-15(12(11)2)19-17(21)16(25-18(19)24)10-13-6-4-7-14(9-13)20(22)23/h3-10H,1-2H3/b16-10+. The van der Waals surface area contributed by atoms with E-state index in [1.165, 1.54) is 28.8 Å². The van der Waals surface area contributed by atoms with Crippen molar-refractivity contribution in [2.75, 3.05) is 4.90 Å². The summed E-state index contributed by atoms with van der Waals surface area (Å²) in [4.78, 5) is 25.2. The molecule has 1 saturated heterocycles. The fraction of sp³-hybridized carbons (Fsp3) is 0.111. The van der Waals surface area contributed by atoms with Gasteiger partial charge in [0.1, 0.15) is 0 Å². The van der Waals surface area contributed by atoms with Crippen molar-refractivity contribution < 1.29 is 9.72 Å². The van der Waals surface area contributed by atoms with Crippen LogP contribution in [0.2, 0.25) is 0 Å². The van der Waals surface area contributed by atoms with Gasteiger partial charge in [-0.25, -0.2) is 0 Å². The van der Waals surface area contributed by atoms with E-state index in [1.54, 1.807) is 18.2 Å². The molecule has 5 nitrogen and oxygen atoms in total. The Morgan fingerprint density at radius 3 is 2.64 bits per heavy atom. The highest BCUT2D eigenvalue weighted by molar-refractivity contribution is 8.27. The number of thiocarbonyl (C=S) groups is 1. The summed E-state index contributed by atoms with van der Waals surface area (Å²) in [6, 6.07) is 11.9. The summed E-state index contributed by atoms with van der Waals surface area (Å²) >= 11 is 6.58. The first kappa shape index (κ1) is 17.3. The van der Waals surface area contributed by atoms with Gasteiger partial charge < -0.3 is 0 Å².